The molecule has 0 radical (unpaired) electrons. The summed E-state index contributed by atoms with van der Waals surface area (Å²) in [7, 11) is 0. The van der Waals surface area contributed by atoms with Crippen LogP contribution in [-0.4, -0.2) is 13.7 Å². The molecule has 0 saturated carbocycles. The van der Waals surface area contributed by atoms with Crippen LogP contribution in [0.4, 0.5) is 0 Å². The average Bonchev–Trinajstić information content (AvgIpc) is 3.87. The first-order valence-electron chi connectivity index (χ1n) is 18.4. The van der Waals surface area contributed by atoms with Crippen molar-refractivity contribution in [1.82, 2.24) is 13.7 Å². The predicted molar refractivity (Wildman–Crippen MR) is 224 cm³/mol. The topological polar surface area (TPSA) is 38.6 Å². The van der Waals surface area contributed by atoms with E-state index >= 15 is 0 Å². The second kappa shape index (κ2) is 11.8. The van der Waals surface area contributed by atoms with Gasteiger partial charge in [0.15, 0.2) is 0 Å². The quantitative estimate of drug-likeness (QED) is 0.177. The summed E-state index contributed by atoms with van der Waals surface area (Å²) in [5.41, 5.74) is 13.3. The molecule has 3 heterocycles. The minimum Gasteiger partial charge on any atom is -0.336 e. The van der Waals surface area contributed by atoms with Crippen molar-refractivity contribution in [2.45, 2.75) is 6.54 Å². The van der Waals surface area contributed by atoms with Crippen molar-refractivity contribution in [1.29, 1.82) is 5.26 Å². The van der Waals surface area contributed by atoms with Gasteiger partial charge in [-0.3, -0.25) is 0 Å². The van der Waals surface area contributed by atoms with Crippen LogP contribution >= 0.6 is 0 Å². The Hall–Kier alpha value is -7.35. The summed E-state index contributed by atoms with van der Waals surface area (Å²) >= 11 is 0. The van der Waals surface area contributed by atoms with E-state index in [9.17, 15) is 5.26 Å². The van der Waals surface area contributed by atoms with Crippen molar-refractivity contribution in [2.75, 3.05) is 0 Å². The zero-order valence-electron chi connectivity index (χ0n) is 29.3. The Morgan fingerprint density at radius 1 is 0.389 bits per heavy atom. The Labute approximate surface area is 311 Å². The van der Waals surface area contributed by atoms with Crippen molar-refractivity contribution in [3.63, 3.8) is 0 Å². The highest BCUT2D eigenvalue weighted by Crippen LogP contribution is 2.43. The molecule has 4 nitrogen and oxygen atoms in total. The molecule has 252 valence electrons. The summed E-state index contributed by atoms with van der Waals surface area (Å²) in [5, 5.41) is 17.1. The number of nitrogens with zero attached hydrogens (tertiary/aromatic N) is 4. The molecular weight excluding hydrogens is 657 g/mol. The molecule has 0 N–H and O–H groups in total. The van der Waals surface area contributed by atoms with Crippen LogP contribution < -0.4 is 0 Å². The van der Waals surface area contributed by atoms with Gasteiger partial charge in [0.2, 0.25) is 0 Å². The third-order valence-electron chi connectivity index (χ3n) is 11.2. The van der Waals surface area contributed by atoms with Gasteiger partial charge in [0.25, 0.3) is 0 Å². The van der Waals surface area contributed by atoms with Crippen LogP contribution in [0.15, 0.2) is 182 Å². The van der Waals surface area contributed by atoms with Crippen molar-refractivity contribution in [2.24, 2.45) is 0 Å². The van der Waals surface area contributed by atoms with Crippen LogP contribution in [0, 0.1) is 11.3 Å². The highest BCUT2D eigenvalue weighted by Gasteiger charge is 2.25. The SMILES string of the molecule is N#Cc1ccc(-c2ccc(-n3c4ccccc4c4ccccc43)c(Cn3c4ccccc4c4ccccc43)c2-n2c3ccccc3c3ccccc32)cc1. The minimum atomic E-state index is 0.616. The van der Waals surface area contributed by atoms with Crippen molar-refractivity contribution < 1.29 is 0 Å². The predicted octanol–water partition coefficient (Wildman–Crippen LogP) is 12.6. The van der Waals surface area contributed by atoms with E-state index in [1.807, 2.05) is 12.1 Å². The lowest BCUT2D eigenvalue weighted by Gasteiger charge is -2.24. The van der Waals surface area contributed by atoms with E-state index in [1.54, 1.807) is 0 Å². The van der Waals surface area contributed by atoms with E-state index in [-0.39, 0.29) is 0 Å². The molecule has 0 aliphatic rings. The first-order chi connectivity index (χ1) is 26.8. The van der Waals surface area contributed by atoms with E-state index < -0.39 is 0 Å². The van der Waals surface area contributed by atoms with Gasteiger partial charge in [-0.05, 0) is 60.2 Å². The molecule has 11 aromatic rings. The Bertz CT molecular complexity index is 3150. The molecule has 0 saturated heterocycles. The first-order valence-corrected chi connectivity index (χ1v) is 18.4. The third-order valence-corrected chi connectivity index (χ3v) is 11.2. The molecule has 11 rings (SSSR count). The Morgan fingerprint density at radius 3 is 1.22 bits per heavy atom. The average molecular weight is 689 g/mol. The number of fused-ring (bicyclic) bond motifs is 9. The lowest BCUT2D eigenvalue weighted by Crippen LogP contribution is -2.12. The largest absolute Gasteiger partial charge is 0.336 e. The molecule has 0 fully saturated rings. The molecule has 0 bridgehead atoms. The van der Waals surface area contributed by atoms with Crippen LogP contribution in [0.25, 0.3) is 87.9 Å². The molecule has 0 atom stereocenters. The lowest BCUT2D eigenvalue weighted by molar-refractivity contribution is 0.850. The van der Waals surface area contributed by atoms with E-state index in [1.165, 1.54) is 59.9 Å². The standard InChI is InChI=1S/C50H32N4/c51-31-33-25-27-34(28-26-33)35-29-30-49(53-45-21-9-3-15-38(45)39-16-4-10-22-46(39)53)42(32-52-43-19-7-1-13-36(43)37-14-2-8-20-44(37)52)50(35)54-47-23-11-5-17-40(47)41-18-6-12-24-48(41)54/h1-30H,32H2. The van der Waals surface area contributed by atoms with E-state index in [2.05, 4.69) is 190 Å². The number of aromatic nitrogens is 3. The smallest absolute Gasteiger partial charge is 0.0991 e. The zero-order chi connectivity index (χ0) is 35.8. The van der Waals surface area contributed by atoms with Gasteiger partial charge in [-0.15, -0.1) is 0 Å². The summed E-state index contributed by atoms with van der Waals surface area (Å²) in [4.78, 5) is 0. The van der Waals surface area contributed by atoms with Gasteiger partial charge >= 0.3 is 0 Å². The molecule has 54 heavy (non-hydrogen) atoms. The first kappa shape index (κ1) is 30.3. The van der Waals surface area contributed by atoms with Gasteiger partial charge in [0, 0.05) is 54.5 Å². The van der Waals surface area contributed by atoms with Crippen LogP contribution in [0.1, 0.15) is 11.1 Å². The molecular formula is C50H32N4. The summed E-state index contributed by atoms with van der Waals surface area (Å²) in [6.07, 6.45) is 0. The van der Waals surface area contributed by atoms with Gasteiger partial charge in [-0.25, -0.2) is 0 Å². The second-order valence-electron chi connectivity index (χ2n) is 14.0. The number of benzene rings is 8. The molecule has 8 aromatic carbocycles. The van der Waals surface area contributed by atoms with Crippen LogP contribution in [-0.2, 0) is 6.54 Å². The molecule has 0 aliphatic heterocycles. The maximum Gasteiger partial charge on any atom is 0.0991 e. The monoisotopic (exact) mass is 688 g/mol. The van der Waals surface area contributed by atoms with Gasteiger partial charge in [0.1, 0.15) is 0 Å². The van der Waals surface area contributed by atoms with Crippen molar-refractivity contribution in [3.05, 3.63) is 193 Å². The summed E-state index contributed by atoms with van der Waals surface area (Å²) in [6, 6.07) is 67.5. The third kappa shape index (κ3) is 4.36. The number of hydrogen-bond acceptors (Lipinski definition) is 1. The van der Waals surface area contributed by atoms with Crippen molar-refractivity contribution in [3.8, 4) is 28.6 Å². The van der Waals surface area contributed by atoms with E-state index in [0.29, 0.717) is 12.1 Å². The molecule has 0 unspecified atom stereocenters. The summed E-state index contributed by atoms with van der Waals surface area (Å²) < 4.78 is 7.45. The van der Waals surface area contributed by atoms with Crippen LogP contribution in [0.2, 0.25) is 0 Å². The fourth-order valence-electron chi connectivity index (χ4n) is 8.88. The molecule has 0 amide bonds. The molecule has 3 aromatic heterocycles. The molecule has 0 spiro atoms. The maximum absolute atomic E-state index is 9.76. The summed E-state index contributed by atoms with van der Waals surface area (Å²) in [6.45, 7) is 0.616. The maximum atomic E-state index is 9.76. The second-order valence-corrected chi connectivity index (χ2v) is 14.0. The molecule has 4 heteroatoms. The summed E-state index contributed by atoms with van der Waals surface area (Å²) in [5.74, 6) is 0. The van der Waals surface area contributed by atoms with Crippen LogP contribution in [0.3, 0.4) is 0 Å². The number of nitriles is 1. The Kier molecular flexibility index (Phi) is 6.65. The Morgan fingerprint density at radius 2 is 0.778 bits per heavy atom. The van der Waals surface area contributed by atoms with Gasteiger partial charge in [0.05, 0.1) is 51.6 Å². The van der Waals surface area contributed by atoms with E-state index in [0.717, 1.165) is 33.5 Å². The van der Waals surface area contributed by atoms with Gasteiger partial charge in [-0.1, -0.05) is 127 Å². The zero-order valence-corrected chi connectivity index (χ0v) is 29.3. The number of para-hydroxylation sites is 6. The van der Waals surface area contributed by atoms with Crippen LogP contribution in [0.5, 0.6) is 0 Å². The minimum absolute atomic E-state index is 0.616. The fourth-order valence-corrected chi connectivity index (χ4v) is 8.88. The van der Waals surface area contributed by atoms with E-state index in [4.69, 9.17) is 0 Å². The highest BCUT2D eigenvalue weighted by atomic mass is 15.1. The fraction of sp³-hybridized carbons (Fsp3) is 0.0200. The van der Waals surface area contributed by atoms with Crippen molar-refractivity contribution >= 4 is 65.4 Å². The van der Waals surface area contributed by atoms with Gasteiger partial charge < -0.3 is 13.7 Å². The normalized spacial score (nSPS) is 11.8. The highest BCUT2D eigenvalue weighted by molar-refractivity contribution is 6.12. The molecule has 0 aliphatic carbocycles. The Balaban J connectivity index is 1.35. The number of rotatable bonds is 5. The lowest BCUT2D eigenvalue weighted by atomic mass is 9.96. The van der Waals surface area contributed by atoms with Gasteiger partial charge in [-0.2, -0.15) is 5.26 Å². The number of hydrogen-bond donors (Lipinski definition) is 0.